The van der Waals surface area contributed by atoms with E-state index in [0.29, 0.717) is 25.3 Å². The van der Waals surface area contributed by atoms with Crippen LogP contribution in [0.15, 0.2) is 53.6 Å². The Balaban J connectivity index is 1.53. The van der Waals surface area contributed by atoms with Gasteiger partial charge in [-0.25, -0.2) is 8.42 Å². The van der Waals surface area contributed by atoms with Crippen molar-refractivity contribution in [2.45, 2.75) is 30.5 Å². The average Bonchev–Trinajstić information content (AvgIpc) is 3.06. The van der Waals surface area contributed by atoms with Crippen molar-refractivity contribution >= 4 is 20.7 Å². The highest BCUT2D eigenvalue weighted by Gasteiger charge is 2.26. The summed E-state index contributed by atoms with van der Waals surface area (Å²) in [5.74, 6) is 0.406. The number of aromatic nitrogens is 1. The lowest BCUT2D eigenvalue weighted by molar-refractivity contribution is -0.139. The van der Waals surface area contributed by atoms with Gasteiger partial charge in [0.05, 0.1) is 17.9 Å². The summed E-state index contributed by atoms with van der Waals surface area (Å²) in [5.41, 5.74) is 2.78. The summed E-state index contributed by atoms with van der Waals surface area (Å²) < 4.78 is 65.4. The molecule has 0 saturated carbocycles. The van der Waals surface area contributed by atoms with Crippen LogP contribution in [-0.4, -0.2) is 39.0 Å². The van der Waals surface area contributed by atoms with Gasteiger partial charge in [-0.05, 0) is 54.4 Å². The lowest BCUT2D eigenvalue weighted by Gasteiger charge is -2.10. The predicted octanol–water partition coefficient (Wildman–Crippen LogP) is 4.23. The minimum atomic E-state index is -4.23. The van der Waals surface area contributed by atoms with Gasteiger partial charge in [-0.15, -0.1) is 0 Å². The highest BCUT2D eigenvalue weighted by Crippen LogP contribution is 2.23. The third-order valence-corrected chi connectivity index (χ3v) is 5.73. The van der Waals surface area contributed by atoms with Crippen LogP contribution in [0, 0.1) is 0 Å². The minimum Gasteiger partial charge on any atom is -0.493 e. The number of hydrogen-bond acceptors (Lipinski definition) is 4. The fourth-order valence-corrected chi connectivity index (χ4v) is 3.73. The molecule has 0 saturated heterocycles. The van der Waals surface area contributed by atoms with Gasteiger partial charge >= 0.3 is 6.18 Å². The molecule has 0 amide bonds. The Bertz CT molecular complexity index is 1110. The monoisotopic (exact) mass is 440 g/mol. The standard InChI is InChI=1S/C21H23F3N2O3S/c1-30(27,28)18-5-6-20-19(12-18)16(14-26-20)7-9-25-13-15-3-2-4-17(11-15)29-10-8-21(22,23)24/h2-6,11-12,14,25-26H,7-10,13H2,1H3. The number of halogens is 3. The maximum atomic E-state index is 12.2. The molecule has 0 fully saturated rings. The van der Waals surface area contributed by atoms with Crippen molar-refractivity contribution in [3.05, 3.63) is 59.8 Å². The van der Waals surface area contributed by atoms with Crippen LogP contribution in [0.1, 0.15) is 17.5 Å². The van der Waals surface area contributed by atoms with Crippen molar-refractivity contribution in [2.75, 3.05) is 19.4 Å². The first-order valence-electron chi connectivity index (χ1n) is 9.41. The zero-order chi connectivity index (χ0) is 21.8. The van der Waals surface area contributed by atoms with Crippen molar-refractivity contribution in [1.82, 2.24) is 10.3 Å². The molecule has 0 unspecified atom stereocenters. The number of benzene rings is 2. The summed E-state index contributed by atoms with van der Waals surface area (Å²) in [5, 5.41) is 4.16. The SMILES string of the molecule is CS(=O)(=O)c1ccc2[nH]cc(CCNCc3cccc(OCCC(F)(F)F)c3)c2c1. The summed E-state index contributed by atoms with van der Waals surface area (Å²) >= 11 is 0. The summed E-state index contributed by atoms with van der Waals surface area (Å²) in [4.78, 5) is 3.43. The van der Waals surface area contributed by atoms with Crippen LogP contribution < -0.4 is 10.1 Å². The quantitative estimate of drug-likeness (QED) is 0.489. The molecule has 1 heterocycles. The van der Waals surface area contributed by atoms with Crippen molar-refractivity contribution < 1.29 is 26.3 Å². The van der Waals surface area contributed by atoms with E-state index in [2.05, 4.69) is 10.3 Å². The second-order valence-corrected chi connectivity index (χ2v) is 9.10. The molecule has 2 N–H and O–H groups in total. The van der Waals surface area contributed by atoms with Crippen LogP contribution in [0.2, 0.25) is 0 Å². The summed E-state index contributed by atoms with van der Waals surface area (Å²) in [6, 6.07) is 12.0. The number of rotatable bonds is 9. The first kappa shape index (κ1) is 22.2. The van der Waals surface area contributed by atoms with Gasteiger partial charge in [0.2, 0.25) is 0 Å². The van der Waals surface area contributed by atoms with Gasteiger partial charge in [0.15, 0.2) is 9.84 Å². The van der Waals surface area contributed by atoms with Crippen LogP contribution in [0.4, 0.5) is 13.2 Å². The maximum absolute atomic E-state index is 12.2. The topological polar surface area (TPSA) is 71.2 Å². The normalized spacial score (nSPS) is 12.4. The van der Waals surface area contributed by atoms with Crippen molar-refractivity contribution in [2.24, 2.45) is 0 Å². The van der Waals surface area contributed by atoms with Gasteiger partial charge in [-0.3, -0.25) is 0 Å². The minimum absolute atomic E-state index is 0.283. The molecule has 1 aromatic heterocycles. The van der Waals surface area contributed by atoms with Gasteiger partial charge in [0.1, 0.15) is 5.75 Å². The van der Waals surface area contributed by atoms with Crippen molar-refractivity contribution in [3.63, 3.8) is 0 Å². The molecule has 5 nitrogen and oxygen atoms in total. The van der Waals surface area contributed by atoms with E-state index in [1.807, 2.05) is 12.3 Å². The van der Waals surface area contributed by atoms with E-state index >= 15 is 0 Å². The fourth-order valence-electron chi connectivity index (χ4n) is 3.08. The molecule has 9 heteroatoms. The molecule has 162 valence electrons. The Hall–Kier alpha value is -2.52. The van der Waals surface area contributed by atoms with Crippen molar-refractivity contribution in [1.29, 1.82) is 0 Å². The van der Waals surface area contributed by atoms with Gasteiger partial charge in [0.25, 0.3) is 0 Å². The molecule has 3 rings (SSSR count). The molecule has 30 heavy (non-hydrogen) atoms. The second kappa shape index (κ2) is 9.09. The van der Waals surface area contributed by atoms with Crippen LogP contribution in [0.25, 0.3) is 10.9 Å². The first-order chi connectivity index (χ1) is 14.1. The highest BCUT2D eigenvalue weighted by atomic mass is 32.2. The molecule has 3 aromatic rings. The van der Waals surface area contributed by atoms with E-state index in [9.17, 15) is 21.6 Å². The van der Waals surface area contributed by atoms with Gasteiger partial charge in [-0.1, -0.05) is 12.1 Å². The lowest BCUT2D eigenvalue weighted by atomic mass is 10.1. The molecule has 0 aliphatic carbocycles. The molecule has 0 spiro atoms. The maximum Gasteiger partial charge on any atom is 0.392 e. The Kier molecular flexibility index (Phi) is 6.72. The number of fused-ring (bicyclic) bond motifs is 1. The molecule has 0 bridgehead atoms. The molecule has 0 atom stereocenters. The number of aromatic amines is 1. The van der Waals surface area contributed by atoms with E-state index < -0.39 is 29.0 Å². The molecule has 0 aliphatic rings. The average molecular weight is 440 g/mol. The summed E-state index contributed by atoms with van der Waals surface area (Å²) in [6.07, 6.45) is -1.48. The van der Waals surface area contributed by atoms with Crippen molar-refractivity contribution in [3.8, 4) is 5.75 Å². The number of H-pyrrole nitrogens is 1. The van der Waals surface area contributed by atoms with E-state index in [1.165, 1.54) is 6.26 Å². The third-order valence-electron chi connectivity index (χ3n) is 4.62. The fraction of sp³-hybridized carbons (Fsp3) is 0.333. The summed E-state index contributed by atoms with van der Waals surface area (Å²) in [6.45, 7) is 0.777. The van der Waals surface area contributed by atoms with Gasteiger partial charge in [-0.2, -0.15) is 13.2 Å². The zero-order valence-corrected chi connectivity index (χ0v) is 17.2. The molecule has 0 aliphatic heterocycles. The Labute approximate surface area is 173 Å². The Morgan fingerprint density at radius 3 is 2.67 bits per heavy atom. The number of nitrogens with one attached hydrogen (secondary N) is 2. The molecule has 0 radical (unpaired) electrons. The largest absolute Gasteiger partial charge is 0.493 e. The van der Waals surface area contributed by atoms with Crippen LogP contribution in [0.3, 0.4) is 0 Å². The van der Waals surface area contributed by atoms with E-state index in [0.717, 1.165) is 22.0 Å². The van der Waals surface area contributed by atoms with Crippen LogP contribution >= 0.6 is 0 Å². The predicted molar refractivity (Wildman–Crippen MR) is 109 cm³/mol. The van der Waals surface area contributed by atoms with Gasteiger partial charge in [0, 0.05) is 29.9 Å². The number of alkyl halides is 3. The first-order valence-corrected chi connectivity index (χ1v) is 11.3. The zero-order valence-electron chi connectivity index (χ0n) is 16.4. The molecule has 2 aromatic carbocycles. The highest BCUT2D eigenvalue weighted by molar-refractivity contribution is 7.90. The van der Waals surface area contributed by atoms with E-state index in [-0.39, 0.29) is 4.90 Å². The molecular weight excluding hydrogens is 417 g/mol. The number of ether oxygens (including phenoxy) is 1. The summed E-state index contributed by atoms with van der Waals surface area (Å²) in [7, 11) is -3.27. The van der Waals surface area contributed by atoms with E-state index in [4.69, 9.17) is 4.74 Å². The van der Waals surface area contributed by atoms with E-state index in [1.54, 1.807) is 36.4 Å². The van der Waals surface area contributed by atoms with Crippen LogP contribution in [0.5, 0.6) is 5.75 Å². The lowest BCUT2D eigenvalue weighted by Crippen LogP contribution is -2.16. The Morgan fingerprint density at radius 2 is 1.93 bits per heavy atom. The smallest absolute Gasteiger partial charge is 0.392 e. The Morgan fingerprint density at radius 1 is 1.13 bits per heavy atom. The van der Waals surface area contributed by atoms with Crippen LogP contribution in [-0.2, 0) is 22.8 Å². The number of hydrogen-bond donors (Lipinski definition) is 2. The molecular formula is C21H23F3N2O3S. The third kappa shape index (κ3) is 6.24. The van der Waals surface area contributed by atoms with Gasteiger partial charge < -0.3 is 15.0 Å². The number of sulfone groups is 1. The second-order valence-electron chi connectivity index (χ2n) is 7.08.